The molecular formula is C8H9FN2O4S. The van der Waals surface area contributed by atoms with Crippen LogP contribution in [0.3, 0.4) is 0 Å². The number of carbonyl (C=O) groups is 1. The number of hydrogen-bond donors (Lipinski definition) is 3. The Hall–Kier alpha value is -1.67. The highest BCUT2D eigenvalue weighted by Gasteiger charge is 2.18. The highest BCUT2D eigenvalue weighted by atomic mass is 32.2. The molecule has 0 heterocycles. The third kappa shape index (κ3) is 2.67. The second-order valence-corrected chi connectivity index (χ2v) is 4.40. The summed E-state index contributed by atoms with van der Waals surface area (Å²) in [5.74, 6) is -2.38. The number of aromatic carboxylic acids is 1. The van der Waals surface area contributed by atoms with E-state index in [9.17, 15) is 17.6 Å². The molecule has 0 aliphatic rings. The van der Waals surface area contributed by atoms with Gasteiger partial charge in [-0.05, 0) is 12.1 Å². The van der Waals surface area contributed by atoms with E-state index in [0.717, 1.165) is 19.2 Å². The molecule has 0 fully saturated rings. The average molecular weight is 248 g/mol. The van der Waals surface area contributed by atoms with Gasteiger partial charge in [-0.3, -0.25) is 4.72 Å². The summed E-state index contributed by atoms with van der Waals surface area (Å²) in [7, 11) is -2.84. The second-order valence-electron chi connectivity index (χ2n) is 2.78. The summed E-state index contributed by atoms with van der Waals surface area (Å²) in [6.07, 6.45) is 0. The maximum atomic E-state index is 13.3. The smallest absolute Gasteiger partial charge is 0.337 e. The zero-order valence-electron chi connectivity index (χ0n) is 8.19. The van der Waals surface area contributed by atoms with E-state index in [2.05, 4.69) is 0 Å². The molecular weight excluding hydrogens is 239 g/mol. The van der Waals surface area contributed by atoms with E-state index < -0.39 is 33.2 Å². The number of hydrogen-bond acceptors (Lipinski definition) is 3. The van der Waals surface area contributed by atoms with Gasteiger partial charge in [0.15, 0.2) is 0 Å². The molecule has 0 saturated heterocycles. The molecule has 1 aromatic carbocycles. The molecule has 1 rings (SSSR count). The van der Waals surface area contributed by atoms with Crippen LogP contribution in [-0.4, -0.2) is 26.5 Å². The highest BCUT2D eigenvalue weighted by Crippen LogP contribution is 2.20. The van der Waals surface area contributed by atoms with Gasteiger partial charge in [-0.25, -0.2) is 13.9 Å². The van der Waals surface area contributed by atoms with Gasteiger partial charge in [0.2, 0.25) is 0 Å². The van der Waals surface area contributed by atoms with Crippen LogP contribution in [0.15, 0.2) is 18.2 Å². The van der Waals surface area contributed by atoms with E-state index in [-0.39, 0.29) is 0 Å². The zero-order valence-corrected chi connectivity index (χ0v) is 9.01. The lowest BCUT2D eigenvalue weighted by atomic mass is 10.2. The van der Waals surface area contributed by atoms with Gasteiger partial charge in [0.05, 0.1) is 11.3 Å². The first-order valence-electron chi connectivity index (χ1n) is 4.10. The van der Waals surface area contributed by atoms with Crippen LogP contribution in [-0.2, 0) is 10.2 Å². The first-order chi connectivity index (χ1) is 7.37. The fourth-order valence-electron chi connectivity index (χ4n) is 0.991. The second kappa shape index (κ2) is 4.45. The Morgan fingerprint density at radius 3 is 2.56 bits per heavy atom. The van der Waals surface area contributed by atoms with Crippen molar-refractivity contribution in [2.45, 2.75) is 0 Å². The lowest BCUT2D eigenvalue weighted by molar-refractivity contribution is 0.0697. The maximum Gasteiger partial charge on any atom is 0.337 e. The molecule has 16 heavy (non-hydrogen) atoms. The van der Waals surface area contributed by atoms with E-state index in [4.69, 9.17) is 5.11 Å². The molecule has 0 aliphatic heterocycles. The monoisotopic (exact) mass is 248 g/mol. The Morgan fingerprint density at radius 1 is 1.44 bits per heavy atom. The summed E-state index contributed by atoms with van der Waals surface area (Å²) in [5, 5.41) is 8.74. The predicted molar refractivity (Wildman–Crippen MR) is 55.0 cm³/mol. The number of benzene rings is 1. The largest absolute Gasteiger partial charge is 0.478 e. The maximum absolute atomic E-state index is 13.3. The van der Waals surface area contributed by atoms with Gasteiger partial charge in [0.25, 0.3) is 10.2 Å². The molecule has 8 heteroatoms. The lowest BCUT2D eigenvalue weighted by Crippen LogP contribution is -2.27. The van der Waals surface area contributed by atoms with Gasteiger partial charge in [0, 0.05) is 7.05 Å². The predicted octanol–water partition coefficient (Wildman–Crippen LogP) is 0.400. The van der Waals surface area contributed by atoms with Gasteiger partial charge in [-0.2, -0.15) is 8.42 Å². The standard InChI is InChI=1S/C8H9FN2O4S/c1-10-16(14,15)11-7-5(8(12)13)3-2-4-6(7)9/h2-4,10-11H,1H3,(H,12,13). The zero-order chi connectivity index (χ0) is 12.3. The molecule has 0 radical (unpaired) electrons. The summed E-state index contributed by atoms with van der Waals surface area (Å²) in [6, 6.07) is 3.23. The molecule has 0 aromatic heterocycles. The van der Waals surface area contributed by atoms with Gasteiger partial charge >= 0.3 is 5.97 Å². The van der Waals surface area contributed by atoms with Gasteiger partial charge in [0.1, 0.15) is 5.82 Å². The Labute approximate surface area is 91.3 Å². The first-order valence-corrected chi connectivity index (χ1v) is 5.59. The molecule has 0 atom stereocenters. The minimum absolute atomic E-state index is 0.459. The number of rotatable bonds is 4. The molecule has 1 aromatic rings. The minimum atomic E-state index is -3.95. The fraction of sp³-hybridized carbons (Fsp3) is 0.125. The Kier molecular flexibility index (Phi) is 3.45. The summed E-state index contributed by atoms with van der Waals surface area (Å²) in [5.41, 5.74) is -1.05. The third-order valence-corrected chi connectivity index (χ3v) is 2.76. The van der Waals surface area contributed by atoms with Crippen molar-refractivity contribution in [3.63, 3.8) is 0 Å². The third-order valence-electron chi connectivity index (χ3n) is 1.75. The van der Waals surface area contributed by atoms with Gasteiger partial charge < -0.3 is 5.11 Å². The molecule has 3 N–H and O–H groups in total. The number of carboxylic acid groups (broad SMARTS) is 1. The van der Waals surface area contributed by atoms with Crippen molar-refractivity contribution >= 4 is 21.9 Å². The first kappa shape index (κ1) is 12.4. The van der Waals surface area contributed by atoms with Crippen LogP contribution in [0, 0.1) is 5.82 Å². The Bertz CT molecular complexity index is 515. The molecule has 0 aliphatic carbocycles. The van der Waals surface area contributed by atoms with Gasteiger partial charge in [-0.1, -0.05) is 6.07 Å². The molecule has 0 bridgehead atoms. The fourth-order valence-corrected chi connectivity index (χ4v) is 1.57. The van der Waals surface area contributed by atoms with Crippen LogP contribution >= 0.6 is 0 Å². The number of nitrogens with one attached hydrogen (secondary N) is 2. The lowest BCUT2D eigenvalue weighted by Gasteiger charge is -2.09. The molecule has 0 spiro atoms. The van der Waals surface area contributed by atoms with E-state index >= 15 is 0 Å². The number of para-hydroxylation sites is 1. The topological polar surface area (TPSA) is 95.5 Å². The van der Waals surface area contributed by atoms with E-state index in [1.807, 2.05) is 4.72 Å². The van der Waals surface area contributed by atoms with Crippen molar-refractivity contribution in [1.82, 2.24) is 4.72 Å². The average Bonchev–Trinajstić information content (AvgIpc) is 2.20. The van der Waals surface area contributed by atoms with Crippen molar-refractivity contribution in [2.75, 3.05) is 11.8 Å². The summed E-state index contributed by atoms with van der Waals surface area (Å²) < 4.78 is 39.2. The molecule has 0 unspecified atom stereocenters. The highest BCUT2D eigenvalue weighted by molar-refractivity contribution is 7.90. The quantitative estimate of drug-likeness (QED) is 0.718. The molecule has 6 nitrogen and oxygen atoms in total. The van der Waals surface area contributed by atoms with E-state index in [1.54, 1.807) is 4.72 Å². The normalized spacial score (nSPS) is 11.1. The van der Waals surface area contributed by atoms with Crippen LogP contribution in [0.4, 0.5) is 10.1 Å². The van der Waals surface area contributed by atoms with Crippen molar-refractivity contribution in [3.8, 4) is 0 Å². The van der Waals surface area contributed by atoms with Crippen molar-refractivity contribution < 1.29 is 22.7 Å². The van der Waals surface area contributed by atoms with Crippen LogP contribution in [0.25, 0.3) is 0 Å². The summed E-state index contributed by atoms with van der Waals surface area (Å²) in [4.78, 5) is 10.7. The van der Waals surface area contributed by atoms with Crippen molar-refractivity contribution in [3.05, 3.63) is 29.6 Å². The summed E-state index contributed by atoms with van der Waals surface area (Å²) >= 11 is 0. The van der Waals surface area contributed by atoms with E-state index in [1.165, 1.54) is 6.07 Å². The van der Waals surface area contributed by atoms with Crippen LogP contribution < -0.4 is 9.44 Å². The Balaban J connectivity index is 3.27. The summed E-state index contributed by atoms with van der Waals surface area (Å²) in [6.45, 7) is 0. The van der Waals surface area contributed by atoms with Crippen LogP contribution in [0.5, 0.6) is 0 Å². The number of halogens is 1. The number of carboxylic acids is 1. The SMILES string of the molecule is CNS(=O)(=O)Nc1c(F)cccc1C(=O)O. The molecule has 0 saturated carbocycles. The van der Waals surface area contributed by atoms with Crippen LogP contribution in [0.1, 0.15) is 10.4 Å². The van der Waals surface area contributed by atoms with Crippen molar-refractivity contribution in [1.29, 1.82) is 0 Å². The minimum Gasteiger partial charge on any atom is -0.478 e. The molecule has 0 amide bonds. The molecule has 88 valence electrons. The van der Waals surface area contributed by atoms with Crippen molar-refractivity contribution in [2.24, 2.45) is 0 Å². The Morgan fingerprint density at radius 2 is 2.06 bits per heavy atom. The van der Waals surface area contributed by atoms with Crippen LogP contribution in [0.2, 0.25) is 0 Å². The number of anilines is 1. The van der Waals surface area contributed by atoms with E-state index in [0.29, 0.717) is 0 Å². The van der Waals surface area contributed by atoms with Gasteiger partial charge in [-0.15, -0.1) is 0 Å².